The molecule has 1 amide bonds. The van der Waals surface area contributed by atoms with Gasteiger partial charge < -0.3 is 15.2 Å². The number of carbonyl (C=O) groups is 3. The number of carbonyl (C=O) groups excluding carboxylic acids is 2. The van der Waals surface area contributed by atoms with Gasteiger partial charge in [0, 0.05) is 10.9 Å². The lowest BCUT2D eigenvalue weighted by molar-refractivity contribution is -0.146. The standard InChI is InChI=1S/C22H23NO5S/c1-3-28-22(27)18-17(14-10-8-13(2)9-11-14)12-29-20(18)23-19(24)15-6-4-5-7-16(15)21(25)26/h4-5,8-12,15-16H,3,6-7H2,1-2H3,(H,23,24)(H,25,26)/t15-,16+/m0/s1. The highest BCUT2D eigenvalue weighted by molar-refractivity contribution is 7.15. The Morgan fingerprint density at radius 2 is 1.79 bits per heavy atom. The third-order valence-electron chi connectivity index (χ3n) is 4.96. The van der Waals surface area contributed by atoms with E-state index >= 15 is 0 Å². The van der Waals surface area contributed by atoms with Gasteiger partial charge in [-0.1, -0.05) is 42.0 Å². The number of benzene rings is 1. The quantitative estimate of drug-likeness (QED) is 0.537. The van der Waals surface area contributed by atoms with E-state index in [-0.39, 0.29) is 6.61 Å². The van der Waals surface area contributed by atoms with E-state index in [9.17, 15) is 19.5 Å². The lowest BCUT2D eigenvalue weighted by atomic mass is 9.82. The van der Waals surface area contributed by atoms with Gasteiger partial charge >= 0.3 is 11.9 Å². The van der Waals surface area contributed by atoms with Crippen molar-refractivity contribution in [3.8, 4) is 11.1 Å². The van der Waals surface area contributed by atoms with E-state index in [4.69, 9.17) is 4.74 Å². The van der Waals surface area contributed by atoms with Crippen LogP contribution >= 0.6 is 11.3 Å². The van der Waals surface area contributed by atoms with E-state index in [0.29, 0.717) is 29.0 Å². The van der Waals surface area contributed by atoms with E-state index in [0.717, 1.165) is 11.1 Å². The number of hydrogen-bond acceptors (Lipinski definition) is 5. The Labute approximate surface area is 173 Å². The van der Waals surface area contributed by atoms with Crippen LogP contribution in [0, 0.1) is 18.8 Å². The number of rotatable bonds is 6. The van der Waals surface area contributed by atoms with Gasteiger partial charge in [0.05, 0.1) is 18.4 Å². The summed E-state index contributed by atoms with van der Waals surface area (Å²) >= 11 is 1.23. The molecule has 1 aliphatic carbocycles. The number of allylic oxidation sites excluding steroid dienone is 2. The molecule has 152 valence electrons. The zero-order chi connectivity index (χ0) is 21.0. The van der Waals surface area contributed by atoms with E-state index < -0.39 is 29.7 Å². The predicted octanol–water partition coefficient (Wildman–Crippen LogP) is 4.51. The maximum absolute atomic E-state index is 12.9. The molecule has 1 heterocycles. The molecule has 0 saturated heterocycles. The van der Waals surface area contributed by atoms with Gasteiger partial charge in [-0.2, -0.15) is 0 Å². The number of thiophene rings is 1. The summed E-state index contributed by atoms with van der Waals surface area (Å²) in [6.07, 6.45) is 4.28. The van der Waals surface area contributed by atoms with Crippen molar-refractivity contribution in [2.24, 2.45) is 11.8 Å². The molecule has 7 heteroatoms. The number of carboxylic acid groups (broad SMARTS) is 1. The van der Waals surface area contributed by atoms with Crippen molar-refractivity contribution >= 4 is 34.2 Å². The van der Waals surface area contributed by atoms with Crippen molar-refractivity contribution in [1.82, 2.24) is 0 Å². The van der Waals surface area contributed by atoms with Crippen LogP contribution in [0.25, 0.3) is 11.1 Å². The normalized spacial score (nSPS) is 18.3. The number of aliphatic carboxylic acids is 1. The van der Waals surface area contributed by atoms with Crippen LogP contribution in [0.3, 0.4) is 0 Å². The molecule has 29 heavy (non-hydrogen) atoms. The van der Waals surface area contributed by atoms with Crippen molar-refractivity contribution < 1.29 is 24.2 Å². The largest absolute Gasteiger partial charge is 0.481 e. The summed E-state index contributed by atoms with van der Waals surface area (Å²) in [6.45, 7) is 3.91. The Morgan fingerprint density at radius 1 is 1.14 bits per heavy atom. The third-order valence-corrected chi connectivity index (χ3v) is 5.85. The van der Waals surface area contributed by atoms with Crippen LogP contribution in [0.1, 0.15) is 35.7 Å². The van der Waals surface area contributed by atoms with Crippen LogP contribution in [-0.2, 0) is 14.3 Å². The van der Waals surface area contributed by atoms with Crippen molar-refractivity contribution in [1.29, 1.82) is 0 Å². The second-order valence-corrected chi connectivity index (χ2v) is 7.80. The first-order valence-electron chi connectivity index (χ1n) is 9.46. The van der Waals surface area contributed by atoms with E-state index in [1.54, 1.807) is 13.0 Å². The Morgan fingerprint density at radius 3 is 2.41 bits per heavy atom. The van der Waals surface area contributed by atoms with Crippen molar-refractivity contribution in [2.75, 3.05) is 11.9 Å². The van der Waals surface area contributed by atoms with Gasteiger partial charge in [0.25, 0.3) is 0 Å². The fraction of sp³-hybridized carbons (Fsp3) is 0.318. The van der Waals surface area contributed by atoms with Crippen molar-refractivity contribution in [3.05, 3.63) is 52.9 Å². The predicted molar refractivity (Wildman–Crippen MR) is 112 cm³/mol. The molecule has 3 rings (SSSR count). The number of esters is 1. The highest BCUT2D eigenvalue weighted by Gasteiger charge is 2.35. The van der Waals surface area contributed by atoms with Gasteiger partial charge in [-0.3, -0.25) is 9.59 Å². The average molecular weight is 413 g/mol. The molecule has 0 spiro atoms. The summed E-state index contributed by atoms with van der Waals surface area (Å²) in [4.78, 5) is 37.0. The molecular formula is C22H23NO5S. The highest BCUT2D eigenvalue weighted by Crippen LogP contribution is 2.37. The summed E-state index contributed by atoms with van der Waals surface area (Å²) in [6, 6.07) is 7.73. The first-order valence-corrected chi connectivity index (χ1v) is 10.3. The number of aryl methyl sites for hydroxylation is 1. The molecule has 1 aromatic carbocycles. The number of anilines is 1. The molecule has 0 bridgehead atoms. The Bertz CT molecular complexity index is 945. The summed E-state index contributed by atoms with van der Waals surface area (Å²) in [5.41, 5.74) is 2.93. The minimum Gasteiger partial charge on any atom is -0.481 e. The van der Waals surface area contributed by atoms with Crippen LogP contribution in [-0.4, -0.2) is 29.6 Å². The van der Waals surface area contributed by atoms with Gasteiger partial charge in [-0.25, -0.2) is 4.79 Å². The molecular weight excluding hydrogens is 390 g/mol. The van der Waals surface area contributed by atoms with Gasteiger partial charge in [-0.15, -0.1) is 11.3 Å². The summed E-state index contributed by atoms with van der Waals surface area (Å²) in [7, 11) is 0. The minimum absolute atomic E-state index is 0.212. The molecule has 0 saturated carbocycles. The number of hydrogen-bond donors (Lipinski definition) is 2. The van der Waals surface area contributed by atoms with Gasteiger partial charge in [0.15, 0.2) is 0 Å². The lowest BCUT2D eigenvalue weighted by Gasteiger charge is -2.24. The molecule has 0 radical (unpaired) electrons. The molecule has 6 nitrogen and oxygen atoms in total. The van der Waals surface area contributed by atoms with Gasteiger partial charge in [0.1, 0.15) is 10.6 Å². The van der Waals surface area contributed by atoms with E-state index in [1.165, 1.54) is 11.3 Å². The Balaban J connectivity index is 1.93. The van der Waals surface area contributed by atoms with Crippen molar-refractivity contribution in [2.45, 2.75) is 26.7 Å². The maximum atomic E-state index is 12.9. The molecule has 1 aromatic heterocycles. The summed E-state index contributed by atoms with van der Waals surface area (Å²) in [5.74, 6) is -3.37. The molecule has 0 aliphatic heterocycles. The van der Waals surface area contributed by atoms with Crippen LogP contribution in [0.15, 0.2) is 41.8 Å². The van der Waals surface area contributed by atoms with Gasteiger partial charge in [0.2, 0.25) is 5.91 Å². The number of nitrogens with one attached hydrogen (secondary N) is 1. The Kier molecular flexibility index (Phi) is 6.49. The SMILES string of the molecule is CCOC(=O)c1c(-c2ccc(C)cc2)csc1NC(=O)[C@H]1CC=CC[C@H]1C(=O)O. The van der Waals surface area contributed by atoms with Crippen LogP contribution in [0.5, 0.6) is 0 Å². The van der Waals surface area contributed by atoms with E-state index in [2.05, 4.69) is 5.32 Å². The molecule has 2 atom stereocenters. The second kappa shape index (κ2) is 9.05. The zero-order valence-electron chi connectivity index (χ0n) is 16.3. The number of carboxylic acids is 1. The highest BCUT2D eigenvalue weighted by atomic mass is 32.1. The van der Waals surface area contributed by atoms with Crippen LogP contribution in [0.2, 0.25) is 0 Å². The maximum Gasteiger partial charge on any atom is 0.341 e. The topological polar surface area (TPSA) is 92.7 Å². The Hall–Kier alpha value is -2.93. The monoisotopic (exact) mass is 413 g/mol. The fourth-order valence-corrected chi connectivity index (χ4v) is 4.34. The van der Waals surface area contributed by atoms with E-state index in [1.807, 2.05) is 42.6 Å². The second-order valence-electron chi connectivity index (χ2n) is 6.92. The van der Waals surface area contributed by atoms with Crippen molar-refractivity contribution in [3.63, 3.8) is 0 Å². The first-order chi connectivity index (χ1) is 13.9. The van der Waals surface area contributed by atoms with Crippen LogP contribution in [0.4, 0.5) is 5.00 Å². The summed E-state index contributed by atoms with van der Waals surface area (Å²) in [5, 5.41) is 14.4. The molecule has 2 aromatic rings. The van der Waals surface area contributed by atoms with Gasteiger partial charge in [-0.05, 0) is 32.3 Å². The zero-order valence-corrected chi connectivity index (χ0v) is 17.1. The first kappa shape index (κ1) is 20.8. The molecule has 0 unspecified atom stereocenters. The average Bonchev–Trinajstić information content (AvgIpc) is 3.12. The van der Waals surface area contributed by atoms with Crippen LogP contribution < -0.4 is 5.32 Å². The number of ether oxygens (including phenoxy) is 1. The minimum atomic E-state index is -0.994. The molecule has 1 aliphatic rings. The smallest absolute Gasteiger partial charge is 0.341 e. The third kappa shape index (κ3) is 4.56. The lowest BCUT2D eigenvalue weighted by Crippen LogP contribution is -2.34. The molecule has 2 N–H and O–H groups in total. The number of amides is 1. The summed E-state index contributed by atoms with van der Waals surface area (Å²) < 4.78 is 5.21. The molecule has 0 fully saturated rings. The fourth-order valence-electron chi connectivity index (χ4n) is 3.38.